The minimum absolute atomic E-state index is 0.0338. The minimum atomic E-state index is -0.0338. The Kier molecular flexibility index (Phi) is 4.51. The summed E-state index contributed by atoms with van der Waals surface area (Å²) in [5.41, 5.74) is 1.84. The Hall–Kier alpha value is -3.35. The van der Waals surface area contributed by atoms with Gasteiger partial charge in [-0.15, -0.1) is 0 Å². The van der Waals surface area contributed by atoms with Crippen molar-refractivity contribution in [3.63, 3.8) is 0 Å². The van der Waals surface area contributed by atoms with Crippen LogP contribution in [-0.4, -0.2) is 29.2 Å². The molecule has 0 atom stereocenters. The first-order chi connectivity index (χ1) is 12.8. The average Bonchev–Trinajstić information content (AvgIpc) is 3.14. The van der Waals surface area contributed by atoms with Gasteiger partial charge in [-0.2, -0.15) is 0 Å². The molecule has 0 saturated carbocycles. The Bertz CT molecular complexity index is 940. The molecule has 1 aliphatic rings. The first-order valence-electron chi connectivity index (χ1n) is 8.38. The van der Waals surface area contributed by atoms with E-state index in [4.69, 9.17) is 9.47 Å². The quantitative estimate of drug-likeness (QED) is 0.710. The van der Waals surface area contributed by atoms with E-state index in [-0.39, 0.29) is 12.7 Å². The van der Waals surface area contributed by atoms with Crippen molar-refractivity contribution < 1.29 is 14.3 Å². The number of hydrogen-bond donors (Lipinski definition) is 2. The molecule has 0 aliphatic carbocycles. The molecule has 0 fully saturated rings. The summed E-state index contributed by atoms with van der Waals surface area (Å²) in [7, 11) is 0. The summed E-state index contributed by atoms with van der Waals surface area (Å²) in [4.78, 5) is 20.5. The van der Waals surface area contributed by atoms with E-state index in [0.29, 0.717) is 25.3 Å². The zero-order valence-corrected chi connectivity index (χ0v) is 14.1. The smallest absolute Gasteiger partial charge is 0.231 e. The van der Waals surface area contributed by atoms with E-state index in [1.54, 1.807) is 0 Å². The van der Waals surface area contributed by atoms with Crippen LogP contribution in [0.15, 0.2) is 48.8 Å². The highest BCUT2D eigenvalue weighted by Crippen LogP contribution is 2.32. The molecule has 2 heterocycles. The zero-order valence-electron chi connectivity index (χ0n) is 14.1. The van der Waals surface area contributed by atoms with Gasteiger partial charge in [-0.25, -0.2) is 9.97 Å². The average molecular weight is 350 g/mol. The van der Waals surface area contributed by atoms with Crippen LogP contribution in [0.3, 0.4) is 0 Å². The molecule has 26 heavy (non-hydrogen) atoms. The fourth-order valence-corrected chi connectivity index (χ4v) is 2.78. The summed E-state index contributed by atoms with van der Waals surface area (Å²) in [6, 6.07) is 13.4. The molecule has 0 unspecified atom stereocenters. The van der Waals surface area contributed by atoms with Gasteiger partial charge in [0.25, 0.3) is 0 Å². The van der Waals surface area contributed by atoms with E-state index in [1.165, 1.54) is 6.33 Å². The third kappa shape index (κ3) is 3.51. The number of rotatable bonds is 6. The van der Waals surface area contributed by atoms with Gasteiger partial charge in [-0.1, -0.05) is 18.2 Å². The molecule has 0 bridgehead atoms. The number of carbonyl (C=O) groups excluding carboxylic acids is 1. The molecular weight excluding hydrogens is 332 g/mol. The molecule has 7 heteroatoms. The second-order valence-corrected chi connectivity index (χ2v) is 5.88. The van der Waals surface area contributed by atoms with Crippen LogP contribution in [0.2, 0.25) is 0 Å². The van der Waals surface area contributed by atoms with Crippen molar-refractivity contribution in [1.29, 1.82) is 0 Å². The van der Waals surface area contributed by atoms with E-state index in [0.717, 1.165) is 28.0 Å². The Morgan fingerprint density at radius 3 is 2.92 bits per heavy atom. The lowest BCUT2D eigenvalue weighted by Gasteiger charge is -2.09. The van der Waals surface area contributed by atoms with Crippen LogP contribution in [0.1, 0.15) is 12.0 Å². The van der Waals surface area contributed by atoms with E-state index in [1.807, 2.05) is 42.5 Å². The van der Waals surface area contributed by atoms with Gasteiger partial charge in [0, 0.05) is 24.9 Å². The molecule has 7 nitrogen and oxygen atoms in total. The van der Waals surface area contributed by atoms with Gasteiger partial charge in [-0.05, 0) is 29.8 Å². The second kappa shape index (κ2) is 7.26. The van der Waals surface area contributed by atoms with Crippen molar-refractivity contribution in [1.82, 2.24) is 15.3 Å². The number of amides is 1. The number of benzene rings is 2. The fourth-order valence-electron chi connectivity index (χ4n) is 2.78. The van der Waals surface area contributed by atoms with Crippen LogP contribution in [0.4, 0.5) is 5.82 Å². The van der Waals surface area contributed by atoms with Gasteiger partial charge in [0.2, 0.25) is 12.7 Å². The van der Waals surface area contributed by atoms with Gasteiger partial charge in [-0.3, -0.25) is 4.79 Å². The predicted octanol–water partition coefficient (Wildman–Crippen LogP) is 2.48. The highest BCUT2D eigenvalue weighted by molar-refractivity contribution is 5.88. The maximum absolute atomic E-state index is 12.1. The number of carbonyl (C=O) groups is 1. The number of hydrogen-bond acceptors (Lipinski definition) is 6. The summed E-state index contributed by atoms with van der Waals surface area (Å²) < 4.78 is 10.6. The molecule has 132 valence electrons. The molecule has 1 amide bonds. The minimum Gasteiger partial charge on any atom is -0.454 e. The second-order valence-electron chi connectivity index (χ2n) is 5.88. The molecule has 2 N–H and O–H groups in total. The molecule has 2 aromatic carbocycles. The van der Waals surface area contributed by atoms with E-state index < -0.39 is 0 Å². The monoisotopic (exact) mass is 350 g/mol. The molecule has 0 saturated heterocycles. The first kappa shape index (κ1) is 16.1. The first-order valence-corrected chi connectivity index (χ1v) is 8.38. The van der Waals surface area contributed by atoms with Crippen molar-refractivity contribution in [3.8, 4) is 11.5 Å². The van der Waals surface area contributed by atoms with Crippen LogP contribution in [0.25, 0.3) is 10.9 Å². The summed E-state index contributed by atoms with van der Waals surface area (Å²) in [6.07, 6.45) is 1.87. The number of ether oxygens (including phenoxy) is 2. The van der Waals surface area contributed by atoms with E-state index in [9.17, 15) is 4.79 Å². The van der Waals surface area contributed by atoms with Crippen molar-refractivity contribution >= 4 is 22.6 Å². The summed E-state index contributed by atoms with van der Waals surface area (Å²) in [5, 5.41) is 7.05. The summed E-state index contributed by atoms with van der Waals surface area (Å²) >= 11 is 0. The van der Waals surface area contributed by atoms with Gasteiger partial charge in [0.15, 0.2) is 11.5 Å². The normalized spacial score (nSPS) is 12.2. The summed E-state index contributed by atoms with van der Waals surface area (Å²) in [5.74, 6) is 2.16. The number of nitrogens with one attached hydrogen (secondary N) is 2. The Labute approximate surface area is 150 Å². The van der Waals surface area contributed by atoms with Crippen molar-refractivity contribution in [2.24, 2.45) is 0 Å². The molecule has 4 rings (SSSR count). The van der Waals surface area contributed by atoms with E-state index in [2.05, 4.69) is 20.6 Å². The molecule has 1 aliphatic heterocycles. The lowest BCUT2D eigenvalue weighted by atomic mass is 10.2. The number of anilines is 1. The number of fused-ring (bicyclic) bond motifs is 2. The highest BCUT2D eigenvalue weighted by Gasteiger charge is 2.13. The summed E-state index contributed by atoms with van der Waals surface area (Å²) in [6.45, 7) is 1.19. The van der Waals surface area contributed by atoms with Crippen LogP contribution < -0.4 is 20.1 Å². The Morgan fingerprint density at radius 2 is 1.96 bits per heavy atom. The molecular formula is C19H18N4O3. The predicted molar refractivity (Wildman–Crippen MR) is 97.1 cm³/mol. The lowest BCUT2D eigenvalue weighted by molar-refractivity contribution is -0.121. The molecule has 0 spiro atoms. The Balaban J connectivity index is 1.27. The molecule has 1 aromatic heterocycles. The van der Waals surface area contributed by atoms with Gasteiger partial charge in [0.1, 0.15) is 12.1 Å². The van der Waals surface area contributed by atoms with Crippen molar-refractivity contribution in [3.05, 3.63) is 54.4 Å². The third-order valence-corrected chi connectivity index (χ3v) is 4.11. The Morgan fingerprint density at radius 1 is 1.08 bits per heavy atom. The topological polar surface area (TPSA) is 85.4 Å². The van der Waals surface area contributed by atoms with Gasteiger partial charge >= 0.3 is 0 Å². The number of nitrogens with zero attached hydrogens (tertiary/aromatic N) is 2. The van der Waals surface area contributed by atoms with E-state index >= 15 is 0 Å². The number of para-hydroxylation sites is 1. The molecule has 0 radical (unpaired) electrons. The van der Waals surface area contributed by atoms with Crippen LogP contribution in [0.5, 0.6) is 11.5 Å². The lowest BCUT2D eigenvalue weighted by Crippen LogP contribution is -2.25. The molecule has 3 aromatic rings. The van der Waals surface area contributed by atoms with Crippen molar-refractivity contribution in [2.75, 3.05) is 18.7 Å². The maximum Gasteiger partial charge on any atom is 0.231 e. The zero-order chi connectivity index (χ0) is 17.8. The van der Waals surface area contributed by atoms with Crippen LogP contribution >= 0.6 is 0 Å². The van der Waals surface area contributed by atoms with Gasteiger partial charge < -0.3 is 20.1 Å². The standard InChI is InChI=1S/C19H18N4O3/c24-18(21-10-13-5-6-16-17(9-13)26-12-25-16)7-8-20-19-14-3-1-2-4-15(14)22-11-23-19/h1-6,9,11H,7-8,10,12H2,(H,21,24)(H,20,22,23). The van der Waals surface area contributed by atoms with Crippen LogP contribution in [0, 0.1) is 0 Å². The fraction of sp³-hybridized carbons (Fsp3) is 0.211. The maximum atomic E-state index is 12.1. The van der Waals surface area contributed by atoms with Crippen molar-refractivity contribution in [2.45, 2.75) is 13.0 Å². The largest absolute Gasteiger partial charge is 0.454 e. The highest BCUT2D eigenvalue weighted by atomic mass is 16.7. The van der Waals surface area contributed by atoms with Gasteiger partial charge in [0.05, 0.1) is 5.52 Å². The number of aromatic nitrogens is 2. The third-order valence-electron chi connectivity index (χ3n) is 4.11. The van der Waals surface area contributed by atoms with Crippen LogP contribution in [-0.2, 0) is 11.3 Å². The SMILES string of the molecule is O=C(CCNc1ncnc2ccccc12)NCc1ccc2c(c1)OCO2.